The minimum atomic E-state index is 0.579. The summed E-state index contributed by atoms with van der Waals surface area (Å²) in [7, 11) is 0. The number of halogens is 1. The Morgan fingerprint density at radius 3 is 2.92 bits per heavy atom. The van der Waals surface area contributed by atoms with Crippen molar-refractivity contribution in [1.82, 2.24) is 0 Å². The van der Waals surface area contributed by atoms with Crippen LogP contribution in [0.1, 0.15) is 18.1 Å². The highest BCUT2D eigenvalue weighted by Gasteiger charge is 1.94. The van der Waals surface area contributed by atoms with Gasteiger partial charge in [-0.3, -0.25) is 0 Å². The van der Waals surface area contributed by atoms with Crippen LogP contribution in [0.5, 0.6) is 0 Å². The Morgan fingerprint density at radius 2 is 2.31 bits per heavy atom. The maximum atomic E-state index is 5.92. The van der Waals surface area contributed by atoms with E-state index < -0.39 is 0 Å². The van der Waals surface area contributed by atoms with Gasteiger partial charge in [0, 0.05) is 5.02 Å². The molecule has 0 aliphatic carbocycles. The Bertz CT molecular complexity index is 310. The third-order valence-corrected chi connectivity index (χ3v) is 2.01. The van der Waals surface area contributed by atoms with Crippen LogP contribution in [-0.4, -0.2) is 12.8 Å². The molecule has 3 heteroatoms. The van der Waals surface area contributed by atoms with Crippen LogP contribution in [0, 0.1) is 6.92 Å². The van der Waals surface area contributed by atoms with E-state index in [4.69, 9.17) is 16.4 Å². The van der Waals surface area contributed by atoms with E-state index in [2.05, 4.69) is 5.16 Å². The molecule has 2 nitrogen and oxygen atoms in total. The molecule has 70 valence electrons. The van der Waals surface area contributed by atoms with Gasteiger partial charge in [0.05, 0.1) is 6.21 Å². The van der Waals surface area contributed by atoms with Crippen LogP contribution in [0.2, 0.25) is 5.02 Å². The lowest BCUT2D eigenvalue weighted by Gasteiger charge is -1.98. The molecule has 0 bridgehead atoms. The van der Waals surface area contributed by atoms with Gasteiger partial charge in [0.15, 0.2) is 0 Å². The average molecular weight is 198 g/mol. The van der Waals surface area contributed by atoms with Gasteiger partial charge in [0.2, 0.25) is 0 Å². The van der Waals surface area contributed by atoms with Crippen LogP contribution < -0.4 is 0 Å². The fourth-order valence-corrected chi connectivity index (χ4v) is 1.05. The summed E-state index contributed by atoms with van der Waals surface area (Å²) in [6.07, 6.45) is 1.65. The SMILES string of the molecule is CCO/N=C/c1ccc(C)c(Cl)c1. The molecule has 0 heterocycles. The number of aryl methyl sites for hydroxylation is 1. The van der Waals surface area contributed by atoms with E-state index in [1.165, 1.54) is 0 Å². The molecule has 0 amide bonds. The van der Waals surface area contributed by atoms with Crippen molar-refractivity contribution in [3.05, 3.63) is 34.3 Å². The molecule has 1 aromatic rings. The van der Waals surface area contributed by atoms with Gasteiger partial charge < -0.3 is 4.84 Å². The maximum Gasteiger partial charge on any atom is 0.114 e. The summed E-state index contributed by atoms with van der Waals surface area (Å²) in [5.41, 5.74) is 2.01. The van der Waals surface area contributed by atoms with Crippen LogP contribution in [0.25, 0.3) is 0 Å². The summed E-state index contributed by atoms with van der Waals surface area (Å²) < 4.78 is 0. The highest BCUT2D eigenvalue weighted by molar-refractivity contribution is 6.31. The van der Waals surface area contributed by atoms with E-state index in [9.17, 15) is 0 Å². The topological polar surface area (TPSA) is 21.6 Å². The lowest BCUT2D eigenvalue weighted by molar-refractivity contribution is 0.160. The van der Waals surface area contributed by atoms with E-state index in [0.717, 1.165) is 16.1 Å². The number of nitrogens with zero attached hydrogens (tertiary/aromatic N) is 1. The van der Waals surface area contributed by atoms with Gasteiger partial charge >= 0.3 is 0 Å². The lowest BCUT2D eigenvalue weighted by Crippen LogP contribution is -1.85. The van der Waals surface area contributed by atoms with E-state index in [1.54, 1.807) is 6.21 Å². The van der Waals surface area contributed by atoms with Gasteiger partial charge in [-0.2, -0.15) is 0 Å². The van der Waals surface area contributed by atoms with Crippen LogP contribution in [-0.2, 0) is 4.84 Å². The zero-order chi connectivity index (χ0) is 9.68. The normalized spacial score (nSPS) is 10.7. The van der Waals surface area contributed by atoms with E-state index in [-0.39, 0.29) is 0 Å². The minimum Gasteiger partial charge on any atom is -0.396 e. The van der Waals surface area contributed by atoms with Gasteiger partial charge in [0.1, 0.15) is 6.61 Å². The fourth-order valence-electron chi connectivity index (χ4n) is 0.862. The molecule has 1 aromatic carbocycles. The second-order valence-electron chi connectivity index (χ2n) is 2.66. The van der Waals surface area contributed by atoms with E-state index >= 15 is 0 Å². The summed E-state index contributed by atoms with van der Waals surface area (Å²) in [5, 5.41) is 4.50. The molecule has 0 aliphatic heterocycles. The molecular weight excluding hydrogens is 186 g/mol. The molecule has 0 aromatic heterocycles. The third kappa shape index (κ3) is 3.07. The van der Waals surface area contributed by atoms with E-state index in [0.29, 0.717) is 6.61 Å². The van der Waals surface area contributed by atoms with Crippen molar-refractivity contribution in [3.63, 3.8) is 0 Å². The molecular formula is C10H12ClNO. The Kier molecular flexibility index (Phi) is 3.77. The second kappa shape index (κ2) is 4.87. The number of benzene rings is 1. The summed E-state index contributed by atoms with van der Waals surface area (Å²) >= 11 is 5.92. The number of hydrogen-bond acceptors (Lipinski definition) is 2. The Labute approximate surface area is 83.2 Å². The molecule has 0 aliphatic rings. The van der Waals surface area contributed by atoms with Crippen molar-refractivity contribution in [2.75, 3.05) is 6.61 Å². The molecule has 0 spiro atoms. The Balaban J connectivity index is 2.73. The first-order valence-corrected chi connectivity index (χ1v) is 4.53. The van der Waals surface area contributed by atoms with Gasteiger partial charge in [-0.25, -0.2) is 0 Å². The molecule has 1 rings (SSSR count). The zero-order valence-corrected chi connectivity index (χ0v) is 8.51. The minimum absolute atomic E-state index is 0.579. The molecule has 0 unspecified atom stereocenters. The predicted octanol–water partition coefficient (Wildman–Crippen LogP) is 3.02. The first kappa shape index (κ1) is 10.1. The van der Waals surface area contributed by atoms with Crippen LogP contribution in [0.15, 0.2) is 23.4 Å². The van der Waals surface area contributed by atoms with Gasteiger partial charge in [0.25, 0.3) is 0 Å². The van der Waals surface area contributed by atoms with Crippen LogP contribution in [0.4, 0.5) is 0 Å². The third-order valence-electron chi connectivity index (χ3n) is 1.60. The molecule has 0 N–H and O–H groups in total. The van der Waals surface area contributed by atoms with Crippen LogP contribution in [0.3, 0.4) is 0 Å². The fraction of sp³-hybridized carbons (Fsp3) is 0.300. The van der Waals surface area contributed by atoms with Crippen molar-refractivity contribution in [1.29, 1.82) is 0 Å². The molecule has 0 atom stereocenters. The number of hydrogen-bond donors (Lipinski definition) is 0. The number of rotatable bonds is 3. The van der Waals surface area contributed by atoms with E-state index in [1.807, 2.05) is 32.0 Å². The highest BCUT2D eigenvalue weighted by atomic mass is 35.5. The quantitative estimate of drug-likeness (QED) is 0.539. The molecule has 0 fully saturated rings. The summed E-state index contributed by atoms with van der Waals surface area (Å²) in [5.74, 6) is 0. The first-order valence-electron chi connectivity index (χ1n) is 4.15. The first-order chi connectivity index (χ1) is 6.24. The lowest BCUT2D eigenvalue weighted by atomic mass is 10.2. The maximum absolute atomic E-state index is 5.92. The monoisotopic (exact) mass is 197 g/mol. The largest absolute Gasteiger partial charge is 0.396 e. The molecule has 13 heavy (non-hydrogen) atoms. The molecule has 0 saturated heterocycles. The number of oxime groups is 1. The molecule has 0 saturated carbocycles. The van der Waals surface area contributed by atoms with Crippen LogP contribution >= 0.6 is 11.6 Å². The average Bonchev–Trinajstić information content (AvgIpc) is 2.12. The second-order valence-corrected chi connectivity index (χ2v) is 3.07. The summed E-state index contributed by atoms with van der Waals surface area (Å²) in [4.78, 5) is 4.83. The highest BCUT2D eigenvalue weighted by Crippen LogP contribution is 2.15. The molecule has 0 radical (unpaired) electrons. The zero-order valence-electron chi connectivity index (χ0n) is 7.75. The summed E-state index contributed by atoms with van der Waals surface area (Å²) in [6, 6.07) is 5.76. The van der Waals surface area contributed by atoms with Crippen molar-refractivity contribution in [3.8, 4) is 0 Å². The predicted molar refractivity (Wildman–Crippen MR) is 55.4 cm³/mol. The standard InChI is InChI=1S/C10H12ClNO/c1-3-13-12-7-9-5-4-8(2)10(11)6-9/h4-7H,3H2,1-2H3/b12-7+. The summed E-state index contributed by atoms with van der Waals surface area (Å²) in [6.45, 7) is 4.43. The van der Waals surface area contributed by atoms with Crippen molar-refractivity contribution in [2.45, 2.75) is 13.8 Å². The Hall–Kier alpha value is -1.02. The smallest absolute Gasteiger partial charge is 0.114 e. The van der Waals surface area contributed by atoms with Gasteiger partial charge in [-0.1, -0.05) is 28.9 Å². The van der Waals surface area contributed by atoms with Crippen molar-refractivity contribution in [2.24, 2.45) is 5.16 Å². The Morgan fingerprint density at radius 1 is 1.54 bits per heavy atom. The van der Waals surface area contributed by atoms with Crippen molar-refractivity contribution >= 4 is 17.8 Å². The van der Waals surface area contributed by atoms with Crippen molar-refractivity contribution < 1.29 is 4.84 Å². The van der Waals surface area contributed by atoms with Gasteiger partial charge in [-0.05, 0) is 31.0 Å². The van der Waals surface area contributed by atoms with Gasteiger partial charge in [-0.15, -0.1) is 0 Å².